The molecule has 0 aliphatic rings. The predicted octanol–water partition coefficient (Wildman–Crippen LogP) is 11.6. The normalized spacial score (nSPS) is 12.2. The van der Waals surface area contributed by atoms with Crippen LogP contribution in [0.2, 0.25) is 19.6 Å². The summed E-state index contributed by atoms with van der Waals surface area (Å²) in [7, 11) is 0.247. The molecule has 0 atom stereocenters. The van der Waals surface area contributed by atoms with Crippen molar-refractivity contribution < 1.29 is 0 Å². The molecule has 0 saturated heterocycles. The van der Waals surface area contributed by atoms with Crippen LogP contribution in [0.3, 0.4) is 0 Å². The third kappa shape index (κ3) is 7.06. The smallest absolute Gasteiger partial charge is 0.157 e. The summed E-state index contributed by atoms with van der Waals surface area (Å²) in [5.74, 6) is 0.953. The lowest BCUT2D eigenvalue weighted by Crippen LogP contribution is -2.41. The topological polar surface area (TPSA) is 3.24 Å². The van der Waals surface area contributed by atoms with E-state index in [0.29, 0.717) is 20.6 Å². The van der Waals surface area contributed by atoms with Crippen LogP contribution in [0, 0.1) is 41.5 Å². The fourth-order valence-electron chi connectivity index (χ4n) is 6.69. The Morgan fingerprint density at radius 3 is 1.33 bits per heavy atom. The molecule has 4 rings (SSSR count). The van der Waals surface area contributed by atoms with Crippen molar-refractivity contribution in [3.63, 3.8) is 0 Å². The van der Waals surface area contributed by atoms with E-state index in [0.717, 1.165) is 0 Å². The maximum atomic E-state index is 2.83. The van der Waals surface area contributed by atoms with Gasteiger partial charge in [-0.3, -0.25) is 0 Å². The van der Waals surface area contributed by atoms with E-state index in [1.54, 1.807) is 0 Å². The molecule has 1 nitrogen and oxygen atoms in total. The molecule has 1 radical (unpaired) electrons. The van der Waals surface area contributed by atoms with Gasteiger partial charge in [0, 0.05) is 5.69 Å². The van der Waals surface area contributed by atoms with Gasteiger partial charge in [-0.05, 0) is 122 Å². The van der Waals surface area contributed by atoms with Crippen molar-refractivity contribution in [2.75, 3.05) is 4.34 Å². The average molecular weight is 621 g/mol. The van der Waals surface area contributed by atoms with Crippen molar-refractivity contribution in [1.29, 1.82) is 0 Å². The second-order valence-electron chi connectivity index (χ2n) is 14.1. The van der Waals surface area contributed by atoms with Gasteiger partial charge in [0.1, 0.15) is 8.77 Å². The van der Waals surface area contributed by atoms with E-state index in [-0.39, 0.29) is 0 Å². The molecule has 0 amide bonds. The van der Waals surface area contributed by atoms with Crippen molar-refractivity contribution in [2.24, 2.45) is 0 Å². The van der Waals surface area contributed by atoms with E-state index < -0.39 is 8.24 Å². The minimum Gasteiger partial charge on any atom is -0.357 e. The van der Waals surface area contributed by atoms with Crippen LogP contribution in [-0.4, -0.2) is 17.0 Å². The first-order valence-corrected chi connectivity index (χ1v) is 21.9. The van der Waals surface area contributed by atoms with Crippen LogP contribution in [0.5, 0.6) is 0 Å². The van der Waals surface area contributed by atoms with Gasteiger partial charge in [-0.15, -0.1) is 0 Å². The second kappa shape index (κ2) is 13.2. The van der Waals surface area contributed by atoms with E-state index in [1.165, 1.54) is 85.5 Å². The molecule has 4 heteroatoms. The zero-order chi connectivity index (χ0) is 31.8. The Morgan fingerprint density at radius 1 is 0.605 bits per heavy atom. The largest absolute Gasteiger partial charge is 0.357 e. The quantitative estimate of drug-likeness (QED) is 0.140. The lowest BCUT2D eigenvalue weighted by Gasteiger charge is -2.37. The van der Waals surface area contributed by atoms with Gasteiger partial charge < -0.3 is 4.34 Å². The van der Waals surface area contributed by atoms with Crippen LogP contribution in [-0.2, 0) is 0 Å². The third-order valence-electron chi connectivity index (χ3n) is 8.41. The highest BCUT2D eigenvalue weighted by molar-refractivity contribution is 7.55. The number of aryl methyl sites for hydroxylation is 6. The lowest BCUT2D eigenvalue weighted by molar-refractivity contribution is 0.836. The maximum absolute atomic E-state index is 2.83. The Hall–Kier alpha value is -2.59. The Bertz CT molecular complexity index is 1530. The maximum Gasteiger partial charge on any atom is 0.157 e. The summed E-state index contributed by atoms with van der Waals surface area (Å²) in [5.41, 5.74) is 18.2. The zero-order valence-electron chi connectivity index (χ0n) is 28.8. The van der Waals surface area contributed by atoms with Gasteiger partial charge in [-0.25, -0.2) is 0 Å². The molecule has 43 heavy (non-hydrogen) atoms. The Kier molecular flexibility index (Phi) is 10.2. The first-order valence-electron chi connectivity index (χ1n) is 15.8. The highest BCUT2D eigenvalue weighted by Gasteiger charge is 2.29. The molecule has 0 aliphatic heterocycles. The molecule has 4 aromatic rings. The summed E-state index contributed by atoms with van der Waals surface area (Å²) in [4.78, 5) is 0. The summed E-state index contributed by atoms with van der Waals surface area (Å²) in [6.07, 6.45) is 0. The number of para-hydroxylation sites is 1. The van der Waals surface area contributed by atoms with Crippen molar-refractivity contribution in [2.45, 2.75) is 101 Å². The Balaban J connectivity index is 2.09. The van der Waals surface area contributed by atoms with Gasteiger partial charge in [0.05, 0.1) is 0 Å². The van der Waals surface area contributed by atoms with Crippen LogP contribution < -0.4 is 9.52 Å². The van der Waals surface area contributed by atoms with Crippen molar-refractivity contribution >= 4 is 35.8 Å². The molecular formula is C39H51NPSi2. The summed E-state index contributed by atoms with van der Waals surface area (Å²) >= 11 is 0. The molecule has 0 spiro atoms. The number of hydrogen-bond donors (Lipinski definition) is 0. The average Bonchev–Trinajstić information content (AvgIpc) is 2.87. The molecule has 0 heterocycles. The first kappa shape index (κ1) is 33.3. The van der Waals surface area contributed by atoms with Crippen molar-refractivity contribution in [3.05, 3.63) is 105 Å². The van der Waals surface area contributed by atoms with E-state index in [4.69, 9.17) is 0 Å². The SMILES string of the molecule is Cc1cc(C)c(-c2cccc(-c3c(C)cc(C)cc3C)c2[Si]=PN(c2c(C(C)C)cccc2C(C)C)[Si](C)(C)C)c(C)c1. The third-order valence-corrected chi connectivity index (χ3v) is 15.4. The summed E-state index contributed by atoms with van der Waals surface area (Å²) in [6.45, 7) is 30.5. The molecule has 0 fully saturated rings. The van der Waals surface area contributed by atoms with E-state index >= 15 is 0 Å². The molecule has 0 saturated carbocycles. The van der Waals surface area contributed by atoms with Crippen molar-refractivity contribution in [3.8, 4) is 22.3 Å². The molecule has 0 unspecified atom stereocenters. The van der Waals surface area contributed by atoms with Crippen LogP contribution in [0.15, 0.2) is 60.7 Å². The monoisotopic (exact) mass is 620 g/mol. The number of anilines is 1. The fourth-order valence-corrected chi connectivity index (χ4v) is 14.8. The minimum absolute atomic E-state index is 0.477. The zero-order valence-corrected chi connectivity index (χ0v) is 31.7. The molecule has 0 aliphatic carbocycles. The highest BCUT2D eigenvalue weighted by Crippen LogP contribution is 2.41. The van der Waals surface area contributed by atoms with Crippen LogP contribution in [0.4, 0.5) is 5.69 Å². The predicted molar refractivity (Wildman–Crippen MR) is 198 cm³/mol. The van der Waals surface area contributed by atoms with Gasteiger partial charge in [-0.1, -0.05) is 119 Å². The molecule has 4 aromatic carbocycles. The molecular weight excluding hydrogens is 570 g/mol. The van der Waals surface area contributed by atoms with Crippen molar-refractivity contribution in [1.82, 2.24) is 0 Å². The van der Waals surface area contributed by atoms with Gasteiger partial charge in [-0.2, -0.15) is 0 Å². The molecule has 225 valence electrons. The lowest BCUT2D eigenvalue weighted by atomic mass is 9.89. The first-order chi connectivity index (χ1) is 20.1. The van der Waals surface area contributed by atoms with Crippen LogP contribution in [0.1, 0.15) is 84.0 Å². The van der Waals surface area contributed by atoms with E-state index in [2.05, 4.69) is 154 Å². The van der Waals surface area contributed by atoms with E-state index in [9.17, 15) is 0 Å². The highest BCUT2D eigenvalue weighted by atomic mass is 31.2. The fraction of sp³-hybridized carbons (Fsp3) is 0.385. The number of nitrogens with zero attached hydrogens (tertiary/aromatic N) is 1. The standard InChI is InChI=1S/C39H51NPSi2/c1-24(2)32-16-14-17-33(25(3)4)38(32)40(43(11,12)13)41-42-39-34(36-28(7)20-26(5)21-29(36)8)18-15-19-35(39)37-30(9)22-27(6)23-31(37)10/h14-25H,1-13H3. The summed E-state index contributed by atoms with van der Waals surface area (Å²) < 4.78 is 2.83. The number of benzene rings is 4. The number of rotatable bonds is 8. The van der Waals surface area contributed by atoms with E-state index in [1.807, 2.05) is 0 Å². The van der Waals surface area contributed by atoms with Crippen LogP contribution in [0.25, 0.3) is 22.3 Å². The Labute approximate surface area is 267 Å². The van der Waals surface area contributed by atoms with Gasteiger partial charge in [0.2, 0.25) is 0 Å². The van der Waals surface area contributed by atoms with Gasteiger partial charge in [0.25, 0.3) is 0 Å². The summed E-state index contributed by atoms with van der Waals surface area (Å²) in [5, 5.41) is 1.49. The summed E-state index contributed by atoms with van der Waals surface area (Å²) in [6, 6.07) is 23.5. The second-order valence-corrected chi connectivity index (χ2v) is 21.8. The van der Waals surface area contributed by atoms with Gasteiger partial charge >= 0.3 is 0 Å². The minimum atomic E-state index is -1.76. The van der Waals surface area contributed by atoms with Gasteiger partial charge in [0.15, 0.2) is 8.24 Å². The Morgan fingerprint density at radius 2 is 0.977 bits per heavy atom. The number of hydrogen-bond acceptors (Lipinski definition) is 1. The molecule has 0 aromatic heterocycles. The van der Waals surface area contributed by atoms with Crippen LogP contribution >= 0.6 is 7.87 Å². The molecule has 0 bridgehead atoms. The molecule has 0 N–H and O–H groups in total.